The van der Waals surface area contributed by atoms with Gasteiger partial charge in [-0.25, -0.2) is 9.67 Å². The number of rotatable bonds is 6. The van der Waals surface area contributed by atoms with Crippen molar-refractivity contribution >= 4 is 5.91 Å². The van der Waals surface area contributed by atoms with Gasteiger partial charge in [0.15, 0.2) is 0 Å². The van der Waals surface area contributed by atoms with E-state index in [1.807, 2.05) is 27.8 Å². The van der Waals surface area contributed by atoms with E-state index in [9.17, 15) is 9.90 Å². The molecule has 1 aliphatic heterocycles. The summed E-state index contributed by atoms with van der Waals surface area (Å²) in [6, 6.07) is 0. The van der Waals surface area contributed by atoms with Crippen molar-refractivity contribution in [3.05, 3.63) is 11.6 Å². The second-order valence-corrected chi connectivity index (χ2v) is 6.75. The van der Waals surface area contributed by atoms with Gasteiger partial charge in [0.1, 0.15) is 11.6 Å². The van der Waals surface area contributed by atoms with Crippen LogP contribution in [0.4, 0.5) is 0 Å². The molecule has 7 nitrogen and oxygen atoms in total. The molecule has 1 amide bonds. The molecule has 0 radical (unpaired) electrons. The lowest BCUT2D eigenvalue weighted by Gasteiger charge is -2.39. The maximum atomic E-state index is 12.6. The molecule has 0 bridgehead atoms. The molecule has 1 aliphatic rings. The fraction of sp³-hybridized carbons (Fsp3) is 0.812. The van der Waals surface area contributed by atoms with Gasteiger partial charge in [-0.05, 0) is 26.7 Å². The molecule has 2 rings (SSSR count). The van der Waals surface area contributed by atoms with E-state index in [-0.39, 0.29) is 23.8 Å². The first-order valence-corrected chi connectivity index (χ1v) is 8.18. The molecule has 1 aromatic rings. The van der Waals surface area contributed by atoms with E-state index in [1.54, 1.807) is 9.58 Å². The molecule has 0 aromatic carbocycles. The van der Waals surface area contributed by atoms with Gasteiger partial charge in [-0.2, -0.15) is 5.10 Å². The summed E-state index contributed by atoms with van der Waals surface area (Å²) in [6.07, 6.45) is 1.58. The maximum absolute atomic E-state index is 12.6. The number of hydrogen-bond acceptors (Lipinski definition) is 5. The van der Waals surface area contributed by atoms with E-state index in [2.05, 4.69) is 10.1 Å². The van der Waals surface area contributed by atoms with Crippen LogP contribution in [0, 0.1) is 25.2 Å². The fourth-order valence-corrected chi connectivity index (χ4v) is 3.20. The zero-order valence-electron chi connectivity index (χ0n) is 14.6. The van der Waals surface area contributed by atoms with Gasteiger partial charge in [-0.3, -0.25) is 4.79 Å². The highest BCUT2D eigenvalue weighted by molar-refractivity contribution is 5.78. The van der Waals surface area contributed by atoms with Crippen LogP contribution in [0.25, 0.3) is 0 Å². The number of nitrogens with zero attached hydrogens (tertiary/aromatic N) is 4. The van der Waals surface area contributed by atoms with Crippen LogP contribution in [0.15, 0.2) is 0 Å². The minimum absolute atomic E-state index is 0.0665. The molecule has 130 valence electrons. The predicted molar refractivity (Wildman–Crippen MR) is 85.9 cm³/mol. The molecule has 0 unspecified atom stereocenters. The minimum atomic E-state index is -0.234. The SMILES string of the molecule is Cc1nc(C)n(C[C@H](C)C(=O)N(C)CC2(CO)CCOCC2)n1. The average molecular weight is 324 g/mol. The highest BCUT2D eigenvalue weighted by Gasteiger charge is 2.35. The number of aromatic nitrogens is 3. The summed E-state index contributed by atoms with van der Waals surface area (Å²) in [5.74, 6) is 1.42. The molecule has 23 heavy (non-hydrogen) atoms. The van der Waals surface area contributed by atoms with Crippen molar-refractivity contribution < 1.29 is 14.6 Å². The van der Waals surface area contributed by atoms with Crippen LogP contribution < -0.4 is 0 Å². The smallest absolute Gasteiger partial charge is 0.227 e. The number of hydrogen-bond donors (Lipinski definition) is 1. The van der Waals surface area contributed by atoms with Gasteiger partial charge in [0, 0.05) is 32.2 Å². The molecule has 7 heteroatoms. The van der Waals surface area contributed by atoms with Crippen LogP contribution in [0.1, 0.15) is 31.4 Å². The number of aliphatic hydroxyl groups excluding tert-OH is 1. The average Bonchev–Trinajstić information content (AvgIpc) is 2.84. The third kappa shape index (κ3) is 4.29. The van der Waals surface area contributed by atoms with Crippen LogP contribution in [0.2, 0.25) is 0 Å². The van der Waals surface area contributed by atoms with Crippen LogP contribution in [0.5, 0.6) is 0 Å². The van der Waals surface area contributed by atoms with E-state index in [0.717, 1.165) is 24.5 Å². The molecule has 1 N–H and O–H groups in total. The molecule has 0 spiro atoms. The third-order valence-electron chi connectivity index (χ3n) is 4.67. The first-order chi connectivity index (χ1) is 10.9. The number of aliphatic hydroxyl groups is 1. The zero-order valence-corrected chi connectivity index (χ0v) is 14.6. The molecule has 1 atom stereocenters. The monoisotopic (exact) mass is 324 g/mol. The number of ether oxygens (including phenoxy) is 1. The minimum Gasteiger partial charge on any atom is -0.396 e. The molecule has 1 aromatic heterocycles. The zero-order chi connectivity index (χ0) is 17.0. The molecule has 0 aliphatic carbocycles. The Balaban J connectivity index is 1.96. The Labute approximate surface area is 137 Å². The second-order valence-electron chi connectivity index (χ2n) is 6.75. The summed E-state index contributed by atoms with van der Waals surface area (Å²) in [7, 11) is 1.81. The lowest BCUT2D eigenvalue weighted by atomic mass is 9.80. The van der Waals surface area contributed by atoms with Crippen molar-refractivity contribution in [2.24, 2.45) is 11.3 Å². The first kappa shape index (κ1) is 17.9. The van der Waals surface area contributed by atoms with Crippen LogP contribution in [0.3, 0.4) is 0 Å². The van der Waals surface area contributed by atoms with Crippen molar-refractivity contribution in [2.75, 3.05) is 33.4 Å². The summed E-state index contributed by atoms with van der Waals surface area (Å²) >= 11 is 0. The number of amides is 1. The van der Waals surface area contributed by atoms with E-state index in [4.69, 9.17) is 4.74 Å². The standard InChI is InChI=1S/C16H28N4O3/c1-12(9-20-14(3)17-13(2)18-20)15(22)19(4)10-16(11-21)5-7-23-8-6-16/h12,21H,5-11H2,1-4H3/t12-/m0/s1. The Morgan fingerprint density at radius 1 is 1.43 bits per heavy atom. The summed E-state index contributed by atoms with van der Waals surface area (Å²) < 4.78 is 7.16. The molecule has 0 saturated carbocycles. The summed E-state index contributed by atoms with van der Waals surface area (Å²) in [6.45, 7) is 8.11. The molecular formula is C16H28N4O3. The largest absolute Gasteiger partial charge is 0.396 e. The molecular weight excluding hydrogens is 296 g/mol. The van der Waals surface area contributed by atoms with Gasteiger partial charge >= 0.3 is 0 Å². The Hall–Kier alpha value is -1.47. The maximum Gasteiger partial charge on any atom is 0.227 e. The van der Waals surface area contributed by atoms with Gasteiger partial charge in [-0.15, -0.1) is 0 Å². The van der Waals surface area contributed by atoms with E-state index in [0.29, 0.717) is 26.3 Å². The van der Waals surface area contributed by atoms with E-state index >= 15 is 0 Å². The third-order valence-corrected chi connectivity index (χ3v) is 4.67. The molecule has 1 fully saturated rings. The van der Waals surface area contributed by atoms with Crippen molar-refractivity contribution in [2.45, 2.75) is 40.2 Å². The van der Waals surface area contributed by atoms with Gasteiger partial charge in [0.25, 0.3) is 0 Å². The van der Waals surface area contributed by atoms with Crippen molar-refractivity contribution in [1.82, 2.24) is 19.7 Å². The van der Waals surface area contributed by atoms with Gasteiger partial charge < -0.3 is 14.7 Å². The number of carbonyl (C=O) groups excluding carboxylic acids is 1. The van der Waals surface area contributed by atoms with Crippen LogP contribution in [-0.4, -0.2) is 64.1 Å². The topological polar surface area (TPSA) is 80.5 Å². The predicted octanol–water partition coefficient (Wildman–Crippen LogP) is 0.779. The summed E-state index contributed by atoms with van der Waals surface area (Å²) in [5, 5.41) is 14.1. The first-order valence-electron chi connectivity index (χ1n) is 8.18. The second kappa shape index (κ2) is 7.40. The van der Waals surface area contributed by atoms with Crippen molar-refractivity contribution in [1.29, 1.82) is 0 Å². The highest BCUT2D eigenvalue weighted by Crippen LogP contribution is 2.31. The van der Waals surface area contributed by atoms with Crippen molar-refractivity contribution in [3.8, 4) is 0 Å². The Kier molecular flexibility index (Phi) is 5.75. The Bertz CT molecular complexity index is 537. The number of carbonyl (C=O) groups is 1. The summed E-state index contributed by atoms with van der Waals surface area (Å²) in [5.41, 5.74) is -0.234. The van der Waals surface area contributed by atoms with E-state index in [1.165, 1.54) is 0 Å². The highest BCUT2D eigenvalue weighted by atomic mass is 16.5. The lowest BCUT2D eigenvalue weighted by molar-refractivity contribution is -0.137. The molecule has 1 saturated heterocycles. The lowest BCUT2D eigenvalue weighted by Crippen LogP contribution is -2.46. The summed E-state index contributed by atoms with van der Waals surface area (Å²) in [4.78, 5) is 18.7. The van der Waals surface area contributed by atoms with Crippen LogP contribution >= 0.6 is 0 Å². The van der Waals surface area contributed by atoms with Gasteiger partial charge in [-0.1, -0.05) is 6.92 Å². The normalized spacial score (nSPS) is 18.7. The van der Waals surface area contributed by atoms with Gasteiger partial charge in [0.05, 0.1) is 19.1 Å². The fourth-order valence-electron chi connectivity index (χ4n) is 3.20. The van der Waals surface area contributed by atoms with Gasteiger partial charge in [0.2, 0.25) is 5.91 Å². The Morgan fingerprint density at radius 3 is 2.61 bits per heavy atom. The Morgan fingerprint density at radius 2 is 2.09 bits per heavy atom. The number of aryl methyl sites for hydroxylation is 2. The van der Waals surface area contributed by atoms with Crippen molar-refractivity contribution in [3.63, 3.8) is 0 Å². The van der Waals surface area contributed by atoms with E-state index < -0.39 is 0 Å². The molecule has 2 heterocycles. The quantitative estimate of drug-likeness (QED) is 0.836. The van der Waals surface area contributed by atoms with Crippen LogP contribution in [-0.2, 0) is 16.1 Å².